The van der Waals surface area contributed by atoms with Crippen molar-refractivity contribution in [1.82, 2.24) is 19.7 Å². The Morgan fingerprint density at radius 2 is 1.89 bits per heavy atom. The number of halogens is 1. The standard InChI is InChI=1S/C27H25FN6O2/c28-17-7-8-34-22(12-30-24(34)9-17)19-4-5-21(25-20(19)11-31-27(25)36)32-23-6-3-18(10-29-23)33-13-15-1-2-16(14-33)26(15)35/h3-10,12,15-16,26,35H,1-2,11,13-14H2,(H,29,32)(H,31,36)/t15-,16?,26-/m1/s1. The fourth-order valence-electron chi connectivity index (χ4n) is 6.04. The molecule has 5 heterocycles. The van der Waals surface area contributed by atoms with Gasteiger partial charge in [0.2, 0.25) is 0 Å². The lowest BCUT2D eigenvalue weighted by atomic mass is 9.95. The second-order valence-corrected chi connectivity index (χ2v) is 9.93. The monoisotopic (exact) mass is 484 g/mol. The third kappa shape index (κ3) is 3.34. The Balaban J connectivity index is 1.18. The molecule has 36 heavy (non-hydrogen) atoms. The molecular formula is C27H25FN6O2. The van der Waals surface area contributed by atoms with Gasteiger partial charge in [-0.1, -0.05) is 6.07 Å². The molecule has 7 rings (SSSR count). The zero-order valence-electron chi connectivity index (χ0n) is 19.5. The van der Waals surface area contributed by atoms with Crippen molar-refractivity contribution in [3.05, 3.63) is 71.9 Å². The van der Waals surface area contributed by atoms with Gasteiger partial charge >= 0.3 is 0 Å². The molecular weight excluding hydrogens is 459 g/mol. The van der Waals surface area contributed by atoms with Crippen LogP contribution in [0.2, 0.25) is 0 Å². The van der Waals surface area contributed by atoms with Crippen LogP contribution >= 0.6 is 0 Å². The maximum atomic E-state index is 13.6. The molecule has 3 aliphatic rings. The highest BCUT2D eigenvalue weighted by Crippen LogP contribution is 2.39. The first-order valence-electron chi connectivity index (χ1n) is 12.3. The number of carbonyl (C=O) groups excluding carboxylic acids is 1. The van der Waals surface area contributed by atoms with Crippen LogP contribution in [0.5, 0.6) is 0 Å². The fourth-order valence-corrected chi connectivity index (χ4v) is 6.04. The average Bonchev–Trinajstić information content (AvgIpc) is 3.52. The van der Waals surface area contributed by atoms with E-state index in [1.165, 1.54) is 12.1 Å². The number of imidazole rings is 1. The summed E-state index contributed by atoms with van der Waals surface area (Å²) in [6, 6.07) is 10.6. The van der Waals surface area contributed by atoms with Gasteiger partial charge in [-0.3, -0.25) is 9.20 Å². The maximum Gasteiger partial charge on any atom is 0.254 e. The van der Waals surface area contributed by atoms with Gasteiger partial charge in [-0.05, 0) is 42.7 Å². The van der Waals surface area contributed by atoms with E-state index in [0.717, 1.165) is 48.4 Å². The Morgan fingerprint density at radius 3 is 2.67 bits per heavy atom. The smallest absolute Gasteiger partial charge is 0.254 e. The van der Waals surface area contributed by atoms with Gasteiger partial charge in [0.05, 0.1) is 41.1 Å². The number of aliphatic hydroxyl groups excluding tert-OH is 1. The number of fused-ring (bicyclic) bond motifs is 4. The Labute approximate surface area is 206 Å². The number of carbonyl (C=O) groups is 1. The lowest BCUT2D eigenvalue weighted by molar-refractivity contribution is 0.0792. The second-order valence-electron chi connectivity index (χ2n) is 9.93. The van der Waals surface area contributed by atoms with Crippen molar-refractivity contribution in [3.8, 4) is 11.3 Å². The summed E-state index contributed by atoms with van der Waals surface area (Å²) in [5.74, 6) is 0.845. The molecule has 9 heteroatoms. The Hall–Kier alpha value is -3.98. The number of nitrogens with zero attached hydrogens (tertiary/aromatic N) is 4. The van der Waals surface area contributed by atoms with E-state index < -0.39 is 0 Å². The molecule has 2 aliphatic heterocycles. The van der Waals surface area contributed by atoms with E-state index in [2.05, 4.69) is 25.5 Å². The molecule has 3 N–H and O–H groups in total. The van der Waals surface area contributed by atoms with Crippen molar-refractivity contribution in [2.24, 2.45) is 11.8 Å². The first-order valence-corrected chi connectivity index (χ1v) is 12.3. The second kappa shape index (κ2) is 8.03. The first-order chi connectivity index (χ1) is 17.5. The van der Waals surface area contributed by atoms with Crippen LogP contribution < -0.4 is 15.5 Å². The van der Waals surface area contributed by atoms with Crippen molar-refractivity contribution in [2.75, 3.05) is 23.3 Å². The van der Waals surface area contributed by atoms with Crippen LogP contribution in [-0.4, -0.2) is 44.6 Å². The molecule has 1 aromatic carbocycles. The average molecular weight is 485 g/mol. The third-order valence-corrected chi connectivity index (χ3v) is 7.88. The number of anilines is 3. The molecule has 0 spiro atoms. The predicted molar refractivity (Wildman–Crippen MR) is 134 cm³/mol. The van der Waals surface area contributed by atoms with Gasteiger partial charge in [0.1, 0.15) is 17.3 Å². The summed E-state index contributed by atoms with van der Waals surface area (Å²) < 4.78 is 15.4. The number of nitrogens with one attached hydrogen (secondary N) is 2. The molecule has 1 amide bonds. The van der Waals surface area contributed by atoms with Gasteiger partial charge in [-0.15, -0.1) is 0 Å². The number of hydrogen-bond donors (Lipinski definition) is 3. The van der Waals surface area contributed by atoms with Gasteiger partial charge in [0.25, 0.3) is 5.91 Å². The van der Waals surface area contributed by atoms with Crippen molar-refractivity contribution < 1.29 is 14.3 Å². The summed E-state index contributed by atoms with van der Waals surface area (Å²) in [6.45, 7) is 2.12. The zero-order valence-corrected chi connectivity index (χ0v) is 19.5. The van der Waals surface area contributed by atoms with Crippen molar-refractivity contribution in [3.63, 3.8) is 0 Å². The highest BCUT2D eigenvalue weighted by atomic mass is 19.1. The Bertz CT molecular complexity index is 1490. The van der Waals surface area contributed by atoms with Gasteiger partial charge in [0, 0.05) is 49.3 Å². The highest BCUT2D eigenvalue weighted by Gasteiger charge is 2.41. The van der Waals surface area contributed by atoms with E-state index in [9.17, 15) is 14.3 Å². The molecule has 1 aliphatic carbocycles. The molecule has 0 radical (unpaired) electrons. The summed E-state index contributed by atoms with van der Waals surface area (Å²) in [5, 5.41) is 16.6. The third-order valence-electron chi connectivity index (χ3n) is 7.88. The van der Waals surface area contributed by atoms with Gasteiger partial charge in [-0.2, -0.15) is 0 Å². The number of aromatic nitrogens is 3. The molecule has 1 saturated carbocycles. The molecule has 2 fully saturated rings. The lowest BCUT2D eigenvalue weighted by Gasteiger charge is -2.36. The minimum Gasteiger partial charge on any atom is -0.392 e. The van der Waals surface area contributed by atoms with E-state index in [4.69, 9.17) is 0 Å². The van der Waals surface area contributed by atoms with Crippen molar-refractivity contribution in [1.29, 1.82) is 0 Å². The SMILES string of the molecule is O=C1NCc2c(-c3cnc4cc(F)ccn34)ccc(Nc3ccc(N4CC5CC[C@H](C4)[C@H]5O)cn3)c21. The summed E-state index contributed by atoms with van der Waals surface area (Å²) in [7, 11) is 0. The van der Waals surface area contributed by atoms with Crippen LogP contribution in [0, 0.1) is 17.7 Å². The van der Waals surface area contributed by atoms with Gasteiger partial charge in [-0.25, -0.2) is 14.4 Å². The van der Waals surface area contributed by atoms with E-state index in [0.29, 0.717) is 41.1 Å². The van der Waals surface area contributed by atoms with Crippen LogP contribution in [0.15, 0.2) is 55.0 Å². The van der Waals surface area contributed by atoms with E-state index >= 15 is 0 Å². The Morgan fingerprint density at radius 1 is 1.06 bits per heavy atom. The lowest BCUT2D eigenvalue weighted by Crippen LogP contribution is -2.44. The molecule has 3 atom stereocenters. The number of pyridine rings is 2. The summed E-state index contributed by atoms with van der Waals surface area (Å²) in [6.07, 6.45) is 7.20. The minimum atomic E-state index is -0.343. The summed E-state index contributed by atoms with van der Waals surface area (Å²) >= 11 is 0. The van der Waals surface area contributed by atoms with Crippen LogP contribution in [0.3, 0.4) is 0 Å². The fraction of sp³-hybridized carbons (Fsp3) is 0.296. The largest absolute Gasteiger partial charge is 0.392 e. The normalized spacial score (nSPS) is 22.7. The van der Waals surface area contributed by atoms with Gasteiger partial charge < -0.3 is 20.6 Å². The number of hydrogen-bond acceptors (Lipinski definition) is 6. The molecule has 3 aromatic heterocycles. The number of amides is 1. The van der Waals surface area contributed by atoms with Crippen LogP contribution in [0.4, 0.5) is 21.6 Å². The summed E-state index contributed by atoms with van der Waals surface area (Å²) in [5.41, 5.74) is 5.37. The van der Waals surface area contributed by atoms with Crippen LogP contribution in [-0.2, 0) is 6.54 Å². The predicted octanol–water partition coefficient (Wildman–Crippen LogP) is 3.73. The minimum absolute atomic E-state index is 0.145. The Kier molecular flexibility index (Phi) is 4.75. The van der Waals surface area contributed by atoms with Crippen LogP contribution in [0.1, 0.15) is 28.8 Å². The molecule has 1 unspecified atom stereocenters. The number of benzene rings is 1. The zero-order chi connectivity index (χ0) is 24.4. The highest BCUT2D eigenvalue weighted by molar-refractivity contribution is 6.06. The molecule has 1 saturated heterocycles. The molecule has 2 bridgehead atoms. The van der Waals surface area contributed by atoms with Gasteiger partial charge in [0.15, 0.2) is 0 Å². The van der Waals surface area contributed by atoms with E-state index in [-0.39, 0.29) is 17.8 Å². The van der Waals surface area contributed by atoms with Crippen molar-refractivity contribution >= 4 is 28.7 Å². The molecule has 4 aromatic rings. The van der Waals surface area contributed by atoms with Crippen LogP contribution in [0.25, 0.3) is 16.9 Å². The number of aliphatic hydroxyl groups is 1. The van der Waals surface area contributed by atoms with Crippen molar-refractivity contribution in [2.45, 2.75) is 25.5 Å². The van der Waals surface area contributed by atoms with E-state index in [1.54, 1.807) is 12.4 Å². The molecule has 8 nitrogen and oxygen atoms in total. The summed E-state index contributed by atoms with van der Waals surface area (Å²) in [4.78, 5) is 24.0. The molecule has 182 valence electrons. The first kappa shape index (κ1) is 21.3. The number of rotatable bonds is 4. The number of piperidine rings is 1. The van der Waals surface area contributed by atoms with E-state index in [1.807, 2.05) is 34.9 Å². The topological polar surface area (TPSA) is 94.8 Å². The maximum absolute atomic E-state index is 13.6. The quantitative estimate of drug-likeness (QED) is 0.409.